The van der Waals surface area contributed by atoms with E-state index in [2.05, 4.69) is 11.8 Å². The van der Waals surface area contributed by atoms with E-state index in [1.54, 1.807) is 26.8 Å². The standard InChI is InChI=1S/C21H26O7/c1-14(2)20(25)9-7-15(3)8-10-21(28-18(6)24)19(13-27-17(5)23)11-12-26-16(4)22/h8,11-14,21H,10H2,1-6H3/b12-11+,15-8+,19-13-/t21-/m0/s1. The van der Waals surface area contributed by atoms with Crippen molar-refractivity contribution in [3.05, 3.63) is 35.8 Å². The molecule has 0 aromatic carbocycles. The molecule has 0 N–H and O–H groups in total. The van der Waals surface area contributed by atoms with Crippen molar-refractivity contribution < 1.29 is 33.4 Å². The Balaban J connectivity index is 5.57. The van der Waals surface area contributed by atoms with Crippen molar-refractivity contribution in [2.45, 2.75) is 54.1 Å². The minimum atomic E-state index is -0.818. The van der Waals surface area contributed by atoms with Gasteiger partial charge in [-0.1, -0.05) is 25.8 Å². The van der Waals surface area contributed by atoms with E-state index in [-0.39, 0.29) is 18.1 Å². The van der Waals surface area contributed by atoms with Crippen LogP contribution >= 0.6 is 0 Å². The quantitative estimate of drug-likeness (QED) is 0.157. The lowest BCUT2D eigenvalue weighted by Crippen LogP contribution is -2.18. The zero-order valence-corrected chi connectivity index (χ0v) is 17.0. The zero-order valence-electron chi connectivity index (χ0n) is 17.0. The molecule has 0 aliphatic carbocycles. The van der Waals surface area contributed by atoms with Crippen molar-refractivity contribution in [1.29, 1.82) is 0 Å². The maximum absolute atomic E-state index is 11.6. The predicted molar refractivity (Wildman–Crippen MR) is 102 cm³/mol. The Kier molecular flexibility index (Phi) is 11.6. The molecule has 0 rings (SSSR count). The van der Waals surface area contributed by atoms with E-state index in [4.69, 9.17) is 14.2 Å². The lowest BCUT2D eigenvalue weighted by molar-refractivity contribution is -0.144. The van der Waals surface area contributed by atoms with Crippen molar-refractivity contribution in [2.24, 2.45) is 5.92 Å². The Morgan fingerprint density at radius 1 is 0.893 bits per heavy atom. The molecule has 0 radical (unpaired) electrons. The molecule has 0 aliphatic heterocycles. The van der Waals surface area contributed by atoms with E-state index in [1.807, 2.05) is 0 Å². The number of ether oxygens (including phenoxy) is 3. The van der Waals surface area contributed by atoms with Gasteiger partial charge in [-0.2, -0.15) is 0 Å². The maximum atomic E-state index is 11.6. The van der Waals surface area contributed by atoms with Crippen LogP contribution in [-0.4, -0.2) is 29.8 Å². The Bertz CT molecular complexity index is 742. The van der Waals surface area contributed by atoms with Gasteiger partial charge in [0.05, 0.1) is 6.26 Å². The molecule has 0 aromatic rings. The number of ketones is 1. The van der Waals surface area contributed by atoms with E-state index in [0.29, 0.717) is 11.1 Å². The number of esters is 3. The van der Waals surface area contributed by atoms with Gasteiger partial charge >= 0.3 is 17.9 Å². The van der Waals surface area contributed by atoms with Crippen LogP contribution in [0.25, 0.3) is 0 Å². The Hall–Kier alpha value is -3.14. The Morgan fingerprint density at radius 3 is 2.00 bits per heavy atom. The molecule has 0 fully saturated rings. The monoisotopic (exact) mass is 390 g/mol. The molecule has 0 bridgehead atoms. The fourth-order valence-corrected chi connectivity index (χ4v) is 1.67. The third kappa shape index (κ3) is 12.3. The lowest BCUT2D eigenvalue weighted by atomic mass is 10.1. The van der Waals surface area contributed by atoms with Gasteiger partial charge in [0.1, 0.15) is 12.4 Å². The minimum absolute atomic E-state index is 0.177. The first kappa shape index (κ1) is 24.9. The number of carbonyl (C=O) groups is 4. The topological polar surface area (TPSA) is 96.0 Å². The minimum Gasteiger partial charge on any atom is -0.457 e. The number of hydrogen-bond donors (Lipinski definition) is 0. The summed E-state index contributed by atoms with van der Waals surface area (Å²) in [6, 6.07) is 0. The largest absolute Gasteiger partial charge is 0.457 e. The SMILES string of the molecule is CC(=O)O/C=C(/C=C/OC(C)=O)[C@H](C/C=C(\C)C#CC(=O)C(C)C)OC(C)=O. The first-order valence-electron chi connectivity index (χ1n) is 8.63. The molecule has 0 unspecified atom stereocenters. The average molecular weight is 390 g/mol. The fraction of sp³-hybridized carbons (Fsp3) is 0.429. The van der Waals surface area contributed by atoms with E-state index >= 15 is 0 Å². The molecule has 7 nitrogen and oxygen atoms in total. The molecule has 0 amide bonds. The number of hydrogen-bond acceptors (Lipinski definition) is 7. The molecule has 0 saturated carbocycles. The van der Waals surface area contributed by atoms with Gasteiger partial charge in [0.2, 0.25) is 5.78 Å². The van der Waals surface area contributed by atoms with E-state index in [0.717, 1.165) is 12.5 Å². The molecular formula is C21H26O7. The molecule has 0 spiro atoms. The third-order valence-electron chi connectivity index (χ3n) is 3.08. The number of Topliss-reactive ketones (excluding diaryl/α,β-unsaturated/α-hetero) is 1. The molecule has 7 heteroatoms. The second-order valence-electron chi connectivity index (χ2n) is 6.13. The van der Waals surface area contributed by atoms with Crippen LogP contribution in [0.1, 0.15) is 48.0 Å². The van der Waals surface area contributed by atoms with Crippen LogP contribution in [0.5, 0.6) is 0 Å². The highest BCUT2D eigenvalue weighted by atomic mass is 16.5. The van der Waals surface area contributed by atoms with E-state index in [1.165, 1.54) is 26.8 Å². The molecule has 152 valence electrons. The van der Waals surface area contributed by atoms with Gasteiger partial charge in [-0.15, -0.1) is 0 Å². The van der Waals surface area contributed by atoms with Crippen LogP contribution in [0.3, 0.4) is 0 Å². The third-order valence-corrected chi connectivity index (χ3v) is 3.08. The van der Waals surface area contributed by atoms with Crippen LogP contribution in [0.4, 0.5) is 0 Å². The molecule has 1 atom stereocenters. The van der Waals surface area contributed by atoms with Crippen molar-refractivity contribution in [3.63, 3.8) is 0 Å². The highest BCUT2D eigenvalue weighted by Gasteiger charge is 2.16. The summed E-state index contributed by atoms with van der Waals surface area (Å²) in [7, 11) is 0. The Morgan fingerprint density at radius 2 is 1.50 bits per heavy atom. The highest BCUT2D eigenvalue weighted by Crippen LogP contribution is 2.16. The summed E-state index contributed by atoms with van der Waals surface area (Å²) in [4.78, 5) is 45.0. The average Bonchev–Trinajstić information content (AvgIpc) is 2.58. The smallest absolute Gasteiger partial charge is 0.307 e. The summed E-state index contributed by atoms with van der Waals surface area (Å²) in [6.07, 6.45) is 4.65. The van der Waals surface area contributed by atoms with Gasteiger partial charge < -0.3 is 14.2 Å². The predicted octanol–water partition coefficient (Wildman–Crippen LogP) is 3.01. The number of rotatable bonds is 8. The van der Waals surface area contributed by atoms with E-state index in [9.17, 15) is 19.2 Å². The second kappa shape index (κ2) is 13.1. The molecule has 0 aliphatic rings. The first-order valence-corrected chi connectivity index (χ1v) is 8.63. The zero-order chi connectivity index (χ0) is 21.7. The van der Waals surface area contributed by atoms with Crippen molar-refractivity contribution >= 4 is 23.7 Å². The van der Waals surface area contributed by atoms with Gasteiger partial charge in [-0.05, 0) is 24.5 Å². The van der Waals surface area contributed by atoms with Gasteiger partial charge in [-0.25, -0.2) is 0 Å². The van der Waals surface area contributed by atoms with E-state index < -0.39 is 24.0 Å². The highest BCUT2D eigenvalue weighted by molar-refractivity contribution is 5.97. The van der Waals surface area contributed by atoms with Crippen LogP contribution < -0.4 is 0 Å². The maximum Gasteiger partial charge on any atom is 0.307 e. The lowest BCUT2D eigenvalue weighted by Gasteiger charge is -2.16. The van der Waals surface area contributed by atoms with Crippen LogP contribution in [0.15, 0.2) is 35.8 Å². The molecule has 28 heavy (non-hydrogen) atoms. The summed E-state index contributed by atoms with van der Waals surface area (Å²) in [5.41, 5.74) is 0.906. The number of allylic oxidation sites excluding steroid dienone is 1. The summed E-state index contributed by atoms with van der Waals surface area (Å²) in [5.74, 6) is 3.28. The molecule has 0 saturated heterocycles. The normalized spacial score (nSPS) is 12.8. The summed E-state index contributed by atoms with van der Waals surface area (Å²) in [6.45, 7) is 8.92. The summed E-state index contributed by atoms with van der Waals surface area (Å²) >= 11 is 0. The van der Waals surface area contributed by atoms with Crippen LogP contribution in [-0.2, 0) is 33.4 Å². The number of carbonyl (C=O) groups excluding carboxylic acids is 4. The molecule has 0 aromatic heterocycles. The second-order valence-corrected chi connectivity index (χ2v) is 6.13. The van der Waals surface area contributed by atoms with Crippen molar-refractivity contribution in [1.82, 2.24) is 0 Å². The van der Waals surface area contributed by atoms with Gasteiger partial charge in [0.25, 0.3) is 0 Å². The van der Waals surface area contributed by atoms with Gasteiger partial charge in [0, 0.05) is 38.7 Å². The van der Waals surface area contributed by atoms with Gasteiger partial charge in [0.15, 0.2) is 0 Å². The fourth-order valence-electron chi connectivity index (χ4n) is 1.67. The van der Waals surface area contributed by atoms with Crippen LogP contribution in [0, 0.1) is 17.8 Å². The first-order chi connectivity index (χ1) is 13.0. The Labute approximate surface area is 165 Å². The van der Waals surface area contributed by atoms with Crippen molar-refractivity contribution in [3.8, 4) is 11.8 Å². The molecular weight excluding hydrogens is 364 g/mol. The summed E-state index contributed by atoms with van der Waals surface area (Å²) in [5, 5.41) is 0. The summed E-state index contributed by atoms with van der Waals surface area (Å²) < 4.78 is 14.9. The van der Waals surface area contributed by atoms with Gasteiger partial charge in [-0.3, -0.25) is 19.2 Å². The van der Waals surface area contributed by atoms with Crippen LogP contribution in [0.2, 0.25) is 0 Å². The molecule has 0 heterocycles. The van der Waals surface area contributed by atoms with Crippen molar-refractivity contribution in [2.75, 3.05) is 0 Å².